The Bertz CT molecular complexity index is 1270. The Labute approximate surface area is 232 Å². The van der Waals surface area contributed by atoms with Gasteiger partial charge in [0.15, 0.2) is 6.29 Å². The topological polar surface area (TPSA) is 114 Å². The Balaban J connectivity index is 1.56. The molecule has 3 aromatic carbocycles. The SMILES string of the molecule is COc1ccccc1SCC1OC(c2cccc(NC(=O)CCC(=O)O)c2)OC(c2ccc(CO)cc2)C1C. The van der Waals surface area contributed by atoms with Crippen LogP contribution in [0.15, 0.2) is 77.7 Å². The van der Waals surface area contributed by atoms with Crippen molar-refractivity contribution in [3.05, 3.63) is 89.5 Å². The van der Waals surface area contributed by atoms with E-state index in [0.29, 0.717) is 11.4 Å². The van der Waals surface area contributed by atoms with Crippen LogP contribution in [0.1, 0.15) is 48.8 Å². The lowest BCUT2D eigenvalue weighted by Gasteiger charge is -2.41. The number of hydrogen-bond donors (Lipinski definition) is 3. The van der Waals surface area contributed by atoms with E-state index in [0.717, 1.165) is 27.3 Å². The van der Waals surface area contributed by atoms with E-state index in [1.807, 2.05) is 54.6 Å². The summed E-state index contributed by atoms with van der Waals surface area (Å²) in [4.78, 5) is 24.0. The molecule has 0 spiro atoms. The molecule has 0 aliphatic carbocycles. The second-order valence-electron chi connectivity index (χ2n) is 9.35. The molecule has 206 valence electrons. The van der Waals surface area contributed by atoms with Crippen LogP contribution in [0.3, 0.4) is 0 Å². The van der Waals surface area contributed by atoms with E-state index in [1.165, 1.54) is 0 Å². The fraction of sp³-hybridized carbons (Fsp3) is 0.333. The number of carboxylic acids is 1. The number of aliphatic hydroxyl groups excluding tert-OH is 1. The van der Waals surface area contributed by atoms with Gasteiger partial charge in [-0.1, -0.05) is 55.5 Å². The summed E-state index contributed by atoms with van der Waals surface area (Å²) in [6.45, 7) is 2.07. The first kappa shape index (κ1) is 28.6. The Hall–Kier alpha value is -3.37. The van der Waals surface area contributed by atoms with E-state index < -0.39 is 12.3 Å². The lowest BCUT2D eigenvalue weighted by atomic mass is 9.91. The van der Waals surface area contributed by atoms with Gasteiger partial charge in [-0.15, -0.1) is 11.8 Å². The maximum absolute atomic E-state index is 12.2. The zero-order valence-corrected chi connectivity index (χ0v) is 22.7. The molecule has 4 unspecified atom stereocenters. The Kier molecular flexibility index (Phi) is 10.00. The van der Waals surface area contributed by atoms with Crippen LogP contribution in [0.2, 0.25) is 0 Å². The molecule has 9 heteroatoms. The van der Waals surface area contributed by atoms with Crippen LogP contribution in [0.4, 0.5) is 5.69 Å². The number of carbonyl (C=O) groups is 2. The smallest absolute Gasteiger partial charge is 0.303 e. The molecule has 1 saturated heterocycles. The van der Waals surface area contributed by atoms with Gasteiger partial charge in [-0.25, -0.2) is 0 Å². The normalized spacial score (nSPS) is 20.8. The number of carboxylic acid groups (broad SMARTS) is 1. The van der Waals surface area contributed by atoms with Crippen molar-refractivity contribution in [3.8, 4) is 5.75 Å². The molecular weight excluding hydrogens is 518 g/mol. The second-order valence-corrected chi connectivity index (χ2v) is 10.4. The van der Waals surface area contributed by atoms with Crippen LogP contribution in [0.25, 0.3) is 0 Å². The summed E-state index contributed by atoms with van der Waals surface area (Å²) in [5.74, 6) is 0.0930. The minimum atomic E-state index is -1.02. The molecule has 1 aliphatic rings. The highest BCUT2D eigenvalue weighted by Crippen LogP contribution is 2.44. The van der Waals surface area contributed by atoms with Crippen molar-refractivity contribution in [2.75, 3.05) is 18.2 Å². The van der Waals surface area contributed by atoms with Gasteiger partial charge < -0.3 is 29.7 Å². The highest BCUT2D eigenvalue weighted by atomic mass is 32.2. The maximum Gasteiger partial charge on any atom is 0.303 e. The van der Waals surface area contributed by atoms with Crippen molar-refractivity contribution in [3.63, 3.8) is 0 Å². The van der Waals surface area contributed by atoms with E-state index in [1.54, 1.807) is 37.1 Å². The Morgan fingerprint density at radius 1 is 0.974 bits per heavy atom. The third-order valence-electron chi connectivity index (χ3n) is 6.60. The van der Waals surface area contributed by atoms with E-state index in [-0.39, 0.29) is 43.5 Å². The van der Waals surface area contributed by atoms with Gasteiger partial charge in [0.05, 0.1) is 32.3 Å². The van der Waals surface area contributed by atoms with Crippen LogP contribution < -0.4 is 10.1 Å². The number of aliphatic carboxylic acids is 1. The quantitative estimate of drug-likeness (QED) is 0.265. The summed E-state index contributed by atoms with van der Waals surface area (Å²) in [5.41, 5.74) is 3.09. The van der Waals surface area contributed by atoms with Crippen molar-refractivity contribution >= 4 is 29.3 Å². The number of para-hydroxylation sites is 1. The predicted octanol–water partition coefficient (Wildman–Crippen LogP) is 5.57. The third kappa shape index (κ3) is 7.60. The van der Waals surface area contributed by atoms with E-state index in [2.05, 4.69) is 12.2 Å². The first-order valence-electron chi connectivity index (χ1n) is 12.8. The number of rotatable bonds is 11. The number of hydrogen-bond acceptors (Lipinski definition) is 7. The number of carbonyl (C=O) groups excluding carboxylic acids is 1. The van der Waals surface area contributed by atoms with E-state index in [9.17, 15) is 14.7 Å². The Morgan fingerprint density at radius 3 is 2.46 bits per heavy atom. The molecule has 4 rings (SSSR count). The summed E-state index contributed by atoms with van der Waals surface area (Å²) >= 11 is 1.66. The molecule has 1 heterocycles. The molecular formula is C30H33NO7S. The molecule has 0 aromatic heterocycles. The highest BCUT2D eigenvalue weighted by Gasteiger charge is 2.38. The minimum Gasteiger partial charge on any atom is -0.496 e. The summed E-state index contributed by atoms with van der Waals surface area (Å²) < 4.78 is 18.5. The van der Waals surface area contributed by atoms with Gasteiger partial charge in [-0.05, 0) is 35.4 Å². The van der Waals surface area contributed by atoms with Crippen molar-refractivity contribution in [2.24, 2.45) is 5.92 Å². The molecule has 0 bridgehead atoms. The largest absolute Gasteiger partial charge is 0.496 e. The number of nitrogens with one attached hydrogen (secondary N) is 1. The Morgan fingerprint density at radius 2 is 1.74 bits per heavy atom. The molecule has 1 aliphatic heterocycles. The van der Waals surface area contributed by atoms with Crippen LogP contribution in [-0.4, -0.2) is 41.1 Å². The first-order valence-corrected chi connectivity index (χ1v) is 13.7. The van der Waals surface area contributed by atoms with E-state index in [4.69, 9.17) is 19.3 Å². The summed E-state index contributed by atoms with van der Waals surface area (Å²) in [5, 5.41) is 21.1. The van der Waals surface area contributed by atoms with Crippen LogP contribution in [0.5, 0.6) is 5.75 Å². The van der Waals surface area contributed by atoms with Crippen molar-refractivity contribution < 1.29 is 34.0 Å². The van der Waals surface area contributed by atoms with Crippen LogP contribution >= 0.6 is 11.8 Å². The van der Waals surface area contributed by atoms with Crippen molar-refractivity contribution in [1.82, 2.24) is 0 Å². The average Bonchev–Trinajstić information content (AvgIpc) is 2.96. The fourth-order valence-electron chi connectivity index (χ4n) is 4.43. The van der Waals surface area contributed by atoms with Crippen LogP contribution in [-0.2, 0) is 25.7 Å². The fourth-order valence-corrected chi connectivity index (χ4v) is 5.62. The number of benzene rings is 3. The monoisotopic (exact) mass is 551 g/mol. The lowest BCUT2D eigenvalue weighted by molar-refractivity contribution is -0.268. The van der Waals surface area contributed by atoms with E-state index >= 15 is 0 Å². The number of ether oxygens (including phenoxy) is 3. The lowest BCUT2D eigenvalue weighted by Crippen LogP contribution is -2.38. The maximum atomic E-state index is 12.2. The van der Waals surface area contributed by atoms with Gasteiger partial charge in [0.2, 0.25) is 5.91 Å². The number of thioether (sulfide) groups is 1. The molecule has 0 saturated carbocycles. The highest BCUT2D eigenvalue weighted by molar-refractivity contribution is 7.99. The summed E-state index contributed by atoms with van der Waals surface area (Å²) in [6.07, 6.45) is -1.48. The first-order chi connectivity index (χ1) is 18.9. The predicted molar refractivity (Wildman–Crippen MR) is 149 cm³/mol. The van der Waals surface area contributed by atoms with Gasteiger partial charge in [-0.2, -0.15) is 0 Å². The molecule has 4 atom stereocenters. The molecule has 8 nitrogen and oxygen atoms in total. The summed E-state index contributed by atoms with van der Waals surface area (Å²) in [6, 6.07) is 22.8. The summed E-state index contributed by atoms with van der Waals surface area (Å²) in [7, 11) is 1.66. The number of methoxy groups -OCH3 is 1. The van der Waals surface area contributed by atoms with Crippen molar-refractivity contribution in [1.29, 1.82) is 0 Å². The van der Waals surface area contributed by atoms with Crippen LogP contribution in [0, 0.1) is 5.92 Å². The van der Waals surface area contributed by atoms with Gasteiger partial charge in [-0.3, -0.25) is 9.59 Å². The zero-order valence-electron chi connectivity index (χ0n) is 21.9. The molecule has 1 fully saturated rings. The molecule has 0 radical (unpaired) electrons. The average molecular weight is 552 g/mol. The minimum absolute atomic E-state index is 0.0161. The molecule has 39 heavy (non-hydrogen) atoms. The van der Waals surface area contributed by atoms with Gasteiger partial charge in [0, 0.05) is 34.2 Å². The molecule has 3 aromatic rings. The second kappa shape index (κ2) is 13.6. The number of aliphatic hydroxyl groups is 1. The van der Waals surface area contributed by atoms with Crippen molar-refractivity contribution in [2.45, 2.75) is 49.8 Å². The zero-order chi connectivity index (χ0) is 27.8. The molecule has 3 N–H and O–H groups in total. The number of amides is 1. The van der Waals surface area contributed by atoms with Gasteiger partial charge >= 0.3 is 5.97 Å². The third-order valence-corrected chi connectivity index (χ3v) is 7.75. The molecule has 1 amide bonds. The number of anilines is 1. The van der Waals surface area contributed by atoms with Gasteiger partial charge in [0.1, 0.15) is 5.75 Å². The van der Waals surface area contributed by atoms with Gasteiger partial charge in [0.25, 0.3) is 0 Å². The standard InChI is InChI=1S/C30H33NO7S/c1-19-25(18-39-26-9-4-3-8-24(26)36-2)37-30(38-29(19)21-12-10-20(17-32)11-13-21)22-6-5-7-23(16-22)31-27(33)14-15-28(34)35/h3-13,16,19,25,29-30,32H,14-15,17-18H2,1-2H3,(H,31,33)(H,34,35).